The van der Waals surface area contributed by atoms with E-state index in [4.69, 9.17) is 0 Å². The normalized spacial score (nSPS) is 13.5. The Kier molecular flexibility index (Phi) is 6.35. The predicted molar refractivity (Wildman–Crippen MR) is 64.3 cm³/mol. The van der Waals surface area contributed by atoms with Gasteiger partial charge in [-0.15, -0.1) is 0 Å². The molecule has 0 amide bonds. The second kappa shape index (κ2) is 7.54. The Labute approximate surface area is 113 Å². The molecule has 0 saturated heterocycles. The quantitative estimate of drug-likeness (QED) is 0.777. The van der Waals surface area contributed by atoms with E-state index in [1.165, 1.54) is 6.07 Å². The second-order valence-corrected chi connectivity index (χ2v) is 4.30. The Balaban J connectivity index is 2.72. The number of alkyl halides is 3. The van der Waals surface area contributed by atoms with E-state index in [2.05, 4.69) is 10.1 Å². The van der Waals surface area contributed by atoms with E-state index in [0.29, 0.717) is 12.6 Å². The van der Waals surface area contributed by atoms with Gasteiger partial charge in [0.2, 0.25) is 0 Å². The molecule has 0 fully saturated rings. The summed E-state index contributed by atoms with van der Waals surface area (Å²) in [6, 6.07) is 2.20. The van der Waals surface area contributed by atoms with Gasteiger partial charge in [0.15, 0.2) is 0 Å². The molecule has 0 radical (unpaired) electrons. The van der Waals surface area contributed by atoms with Gasteiger partial charge in [0, 0.05) is 11.6 Å². The van der Waals surface area contributed by atoms with Crippen LogP contribution in [0.2, 0.25) is 0 Å². The van der Waals surface area contributed by atoms with E-state index in [1.54, 1.807) is 0 Å². The molecule has 0 aliphatic rings. The maximum Gasteiger partial charge on any atom is 0.411 e. The van der Waals surface area contributed by atoms with Crippen molar-refractivity contribution in [1.82, 2.24) is 5.32 Å². The van der Waals surface area contributed by atoms with Crippen LogP contribution in [-0.4, -0.2) is 25.9 Å². The number of halogens is 5. The first-order valence-corrected chi connectivity index (χ1v) is 6.16. The smallest absolute Gasteiger partial charge is 0.370 e. The number of nitrogens with one attached hydrogen (secondary N) is 1. The molecule has 7 heteroatoms. The van der Waals surface area contributed by atoms with Crippen LogP contribution in [0.3, 0.4) is 0 Å². The molecule has 0 aromatic heterocycles. The Morgan fingerprint density at radius 3 is 2.50 bits per heavy atom. The third kappa shape index (κ3) is 5.83. The summed E-state index contributed by atoms with van der Waals surface area (Å²) in [4.78, 5) is 0. The Morgan fingerprint density at radius 2 is 1.95 bits per heavy atom. The van der Waals surface area contributed by atoms with Crippen molar-refractivity contribution < 1.29 is 26.7 Å². The lowest BCUT2D eigenvalue weighted by atomic mass is 10.1. The zero-order chi connectivity index (χ0) is 15.2. The van der Waals surface area contributed by atoms with Crippen molar-refractivity contribution in [1.29, 1.82) is 0 Å². The second-order valence-electron chi connectivity index (χ2n) is 4.30. The predicted octanol–water partition coefficient (Wildman–Crippen LogP) is 3.58. The Morgan fingerprint density at radius 1 is 1.25 bits per heavy atom. The molecule has 1 atom stereocenters. The summed E-state index contributed by atoms with van der Waals surface area (Å²) in [6.07, 6.45) is -3.71. The van der Waals surface area contributed by atoms with Gasteiger partial charge in [-0.05, 0) is 19.0 Å². The van der Waals surface area contributed by atoms with Gasteiger partial charge in [-0.3, -0.25) is 0 Å². The van der Waals surface area contributed by atoms with E-state index in [-0.39, 0.29) is 12.2 Å². The minimum absolute atomic E-state index is 0.0852. The number of rotatable bonds is 7. The van der Waals surface area contributed by atoms with E-state index in [0.717, 1.165) is 12.5 Å². The van der Waals surface area contributed by atoms with Gasteiger partial charge in [0.05, 0.1) is 12.6 Å². The first kappa shape index (κ1) is 16.8. The highest BCUT2D eigenvalue weighted by Gasteiger charge is 2.28. The molecule has 1 aromatic rings. The third-order valence-electron chi connectivity index (χ3n) is 2.53. The summed E-state index contributed by atoms with van der Waals surface area (Å²) < 4.78 is 67.1. The third-order valence-corrected chi connectivity index (χ3v) is 2.53. The Bertz CT molecular complexity index is 422. The summed E-state index contributed by atoms with van der Waals surface area (Å²) in [5.74, 6) is -1.55. The lowest BCUT2D eigenvalue weighted by Gasteiger charge is -2.20. The largest absolute Gasteiger partial charge is 0.411 e. The van der Waals surface area contributed by atoms with E-state index >= 15 is 0 Å². The van der Waals surface area contributed by atoms with Crippen molar-refractivity contribution in [3.8, 4) is 0 Å². The molecule has 0 aliphatic carbocycles. The fourth-order valence-electron chi connectivity index (χ4n) is 1.65. The highest BCUT2D eigenvalue weighted by atomic mass is 19.4. The zero-order valence-corrected chi connectivity index (χ0v) is 10.9. The summed E-state index contributed by atoms with van der Waals surface area (Å²) in [5, 5.41) is 2.88. The lowest BCUT2D eigenvalue weighted by Crippen LogP contribution is -2.29. The summed E-state index contributed by atoms with van der Waals surface area (Å²) >= 11 is 0. The van der Waals surface area contributed by atoms with Crippen molar-refractivity contribution in [2.24, 2.45) is 0 Å². The van der Waals surface area contributed by atoms with Crippen molar-refractivity contribution in [3.05, 3.63) is 35.4 Å². The van der Waals surface area contributed by atoms with Gasteiger partial charge in [-0.25, -0.2) is 8.78 Å². The highest BCUT2D eigenvalue weighted by Crippen LogP contribution is 2.20. The number of hydrogen-bond acceptors (Lipinski definition) is 2. The number of hydrogen-bond donors (Lipinski definition) is 1. The Hall–Kier alpha value is -1.21. The topological polar surface area (TPSA) is 21.3 Å². The van der Waals surface area contributed by atoms with Crippen LogP contribution in [0, 0.1) is 11.6 Å². The monoisotopic (exact) mass is 297 g/mol. The van der Waals surface area contributed by atoms with E-state index in [1.807, 2.05) is 6.92 Å². The van der Waals surface area contributed by atoms with Gasteiger partial charge in [0.25, 0.3) is 0 Å². The minimum atomic E-state index is -4.43. The summed E-state index contributed by atoms with van der Waals surface area (Å²) in [6.45, 7) is 0.598. The molecular formula is C13H16F5NO. The van der Waals surface area contributed by atoms with Gasteiger partial charge < -0.3 is 10.1 Å². The van der Waals surface area contributed by atoms with Crippen LogP contribution in [0.1, 0.15) is 24.9 Å². The molecule has 1 aromatic carbocycles. The van der Waals surface area contributed by atoms with E-state index in [9.17, 15) is 22.0 Å². The first-order chi connectivity index (χ1) is 9.33. The average Bonchev–Trinajstić information content (AvgIpc) is 2.33. The molecule has 0 bridgehead atoms. The molecule has 0 spiro atoms. The molecule has 2 nitrogen and oxygen atoms in total. The molecule has 114 valence electrons. The van der Waals surface area contributed by atoms with Gasteiger partial charge >= 0.3 is 6.18 Å². The van der Waals surface area contributed by atoms with Gasteiger partial charge in [-0.1, -0.05) is 13.0 Å². The SMILES string of the molecule is CCCNC(COCC(F)(F)F)c1ccc(F)cc1F. The van der Waals surface area contributed by atoms with Crippen LogP contribution in [0.5, 0.6) is 0 Å². The van der Waals surface area contributed by atoms with Gasteiger partial charge in [0.1, 0.15) is 18.2 Å². The van der Waals surface area contributed by atoms with Crippen molar-refractivity contribution in [2.45, 2.75) is 25.6 Å². The van der Waals surface area contributed by atoms with Crippen LogP contribution in [0.4, 0.5) is 22.0 Å². The van der Waals surface area contributed by atoms with Gasteiger partial charge in [-0.2, -0.15) is 13.2 Å². The molecule has 1 N–H and O–H groups in total. The molecule has 1 unspecified atom stereocenters. The molecule has 0 aliphatic heterocycles. The highest BCUT2D eigenvalue weighted by molar-refractivity contribution is 5.22. The maximum atomic E-state index is 13.6. The van der Waals surface area contributed by atoms with Crippen molar-refractivity contribution in [3.63, 3.8) is 0 Å². The summed E-state index contributed by atoms with van der Waals surface area (Å²) in [5.41, 5.74) is 0.0852. The van der Waals surface area contributed by atoms with Crippen LogP contribution >= 0.6 is 0 Å². The number of ether oxygens (including phenoxy) is 1. The molecule has 20 heavy (non-hydrogen) atoms. The van der Waals surface area contributed by atoms with Crippen LogP contribution < -0.4 is 5.32 Å². The van der Waals surface area contributed by atoms with Crippen LogP contribution in [0.15, 0.2) is 18.2 Å². The zero-order valence-electron chi connectivity index (χ0n) is 10.9. The molecule has 1 rings (SSSR count). The summed E-state index contributed by atoms with van der Waals surface area (Å²) in [7, 11) is 0. The molecule has 0 heterocycles. The first-order valence-electron chi connectivity index (χ1n) is 6.16. The van der Waals surface area contributed by atoms with Crippen molar-refractivity contribution >= 4 is 0 Å². The standard InChI is InChI=1S/C13H16F5NO/c1-2-5-19-12(7-20-8-13(16,17)18)10-4-3-9(14)6-11(10)15/h3-4,6,12,19H,2,5,7-8H2,1H3. The fourth-order valence-corrected chi connectivity index (χ4v) is 1.65. The molecule has 0 saturated carbocycles. The molecular weight excluding hydrogens is 281 g/mol. The minimum Gasteiger partial charge on any atom is -0.370 e. The average molecular weight is 297 g/mol. The maximum absolute atomic E-state index is 13.6. The van der Waals surface area contributed by atoms with Crippen LogP contribution in [-0.2, 0) is 4.74 Å². The van der Waals surface area contributed by atoms with Crippen LogP contribution in [0.25, 0.3) is 0 Å². The number of benzene rings is 1. The van der Waals surface area contributed by atoms with Crippen molar-refractivity contribution in [2.75, 3.05) is 19.8 Å². The fraction of sp³-hybridized carbons (Fsp3) is 0.538. The van der Waals surface area contributed by atoms with E-state index < -0.39 is 30.5 Å². The lowest BCUT2D eigenvalue weighted by molar-refractivity contribution is -0.175.